The summed E-state index contributed by atoms with van der Waals surface area (Å²) < 4.78 is 4.61. The largest absolute Gasteiger partial charge is 0.357 e. The quantitative estimate of drug-likeness (QED) is 0.639. The Hall–Kier alpha value is -1.03. The second kappa shape index (κ2) is 3.15. The molecule has 0 radical (unpaired) electrons. The van der Waals surface area contributed by atoms with Gasteiger partial charge in [-0.15, -0.1) is 0 Å². The Bertz CT molecular complexity index is 296. The van der Waals surface area contributed by atoms with Gasteiger partial charge in [-0.3, -0.25) is 0 Å². The molecular formula is C8H12N2O2. The average Bonchev–Trinajstić information content (AvgIpc) is 2.54. The second-order valence-electron chi connectivity index (χ2n) is 3.17. The van der Waals surface area contributed by atoms with Gasteiger partial charge in [0.05, 0.1) is 5.69 Å². The molecule has 1 aliphatic heterocycles. The van der Waals surface area contributed by atoms with Crippen LogP contribution in [0.25, 0.3) is 0 Å². The molecule has 0 spiro atoms. The summed E-state index contributed by atoms with van der Waals surface area (Å²) in [7, 11) is 0. The van der Waals surface area contributed by atoms with E-state index >= 15 is 0 Å². The summed E-state index contributed by atoms with van der Waals surface area (Å²) in [5.74, 6) is 0.421. The van der Waals surface area contributed by atoms with E-state index in [0.29, 0.717) is 5.92 Å². The van der Waals surface area contributed by atoms with Crippen LogP contribution in [0, 0.1) is 0 Å². The molecule has 1 saturated heterocycles. The van der Waals surface area contributed by atoms with Crippen molar-refractivity contribution < 1.29 is 4.52 Å². The molecule has 0 aromatic carbocycles. The van der Waals surface area contributed by atoms with Gasteiger partial charge in [-0.1, -0.05) is 0 Å². The molecule has 4 nitrogen and oxygen atoms in total. The number of hydrogen-bond donors (Lipinski definition) is 2. The molecule has 2 rings (SSSR count). The van der Waals surface area contributed by atoms with Crippen molar-refractivity contribution in [1.29, 1.82) is 0 Å². The maximum Gasteiger partial charge on any atom is 0.357 e. The van der Waals surface area contributed by atoms with Gasteiger partial charge >= 0.3 is 5.63 Å². The molecule has 1 unspecified atom stereocenters. The van der Waals surface area contributed by atoms with Gasteiger partial charge in [0.25, 0.3) is 0 Å². The van der Waals surface area contributed by atoms with Crippen LogP contribution in [0.4, 0.5) is 0 Å². The lowest BCUT2D eigenvalue weighted by molar-refractivity contribution is 0.367. The summed E-state index contributed by atoms with van der Waals surface area (Å²) in [6.07, 6.45) is 2.29. The summed E-state index contributed by atoms with van der Waals surface area (Å²) in [6.45, 7) is 2.02. The topological polar surface area (TPSA) is 58.0 Å². The highest BCUT2D eigenvalue weighted by molar-refractivity contribution is 5.05. The molecule has 66 valence electrons. The fraction of sp³-hybridized carbons (Fsp3) is 0.625. The maximum absolute atomic E-state index is 10.7. The first-order valence-electron chi connectivity index (χ1n) is 4.25. The smallest absolute Gasteiger partial charge is 0.339 e. The van der Waals surface area contributed by atoms with Gasteiger partial charge in [0, 0.05) is 18.5 Å². The highest BCUT2D eigenvalue weighted by Gasteiger charge is 2.16. The molecule has 1 aromatic rings. The number of H-pyrrole nitrogens is 1. The van der Waals surface area contributed by atoms with E-state index in [1.165, 1.54) is 6.07 Å². The van der Waals surface area contributed by atoms with Gasteiger partial charge in [0.2, 0.25) is 0 Å². The lowest BCUT2D eigenvalue weighted by Crippen LogP contribution is -2.28. The third-order valence-electron chi connectivity index (χ3n) is 2.28. The van der Waals surface area contributed by atoms with Crippen LogP contribution in [0.5, 0.6) is 0 Å². The van der Waals surface area contributed by atoms with Gasteiger partial charge < -0.3 is 9.84 Å². The Morgan fingerprint density at radius 3 is 3.08 bits per heavy atom. The molecule has 0 aliphatic carbocycles. The molecule has 4 heteroatoms. The first-order valence-corrected chi connectivity index (χ1v) is 4.25. The van der Waals surface area contributed by atoms with E-state index < -0.39 is 0 Å². The summed E-state index contributed by atoms with van der Waals surface area (Å²) >= 11 is 0. The molecule has 0 amide bonds. The zero-order chi connectivity index (χ0) is 8.39. The molecule has 1 aromatic heterocycles. The minimum absolute atomic E-state index is 0.282. The van der Waals surface area contributed by atoms with E-state index in [2.05, 4.69) is 15.0 Å². The van der Waals surface area contributed by atoms with Gasteiger partial charge in [0.1, 0.15) is 0 Å². The monoisotopic (exact) mass is 168 g/mol. The zero-order valence-corrected chi connectivity index (χ0v) is 6.80. The van der Waals surface area contributed by atoms with Crippen LogP contribution in [-0.4, -0.2) is 18.2 Å². The molecule has 0 saturated carbocycles. The SMILES string of the molecule is O=c1cc(C2CCCNC2)[nH]o1. The molecule has 1 fully saturated rings. The number of hydrogen-bond acceptors (Lipinski definition) is 3. The molecular weight excluding hydrogens is 156 g/mol. The Morgan fingerprint density at radius 1 is 1.58 bits per heavy atom. The number of piperidine rings is 1. The minimum atomic E-state index is -0.282. The molecule has 2 N–H and O–H groups in total. The van der Waals surface area contributed by atoms with Gasteiger partial charge in [-0.25, -0.2) is 9.95 Å². The molecule has 2 heterocycles. The Morgan fingerprint density at radius 2 is 2.50 bits per heavy atom. The van der Waals surface area contributed by atoms with Gasteiger partial charge in [-0.2, -0.15) is 0 Å². The first kappa shape index (κ1) is 7.61. The van der Waals surface area contributed by atoms with Crippen LogP contribution in [0.3, 0.4) is 0 Å². The number of rotatable bonds is 1. The number of aromatic nitrogens is 1. The Labute approximate surface area is 69.9 Å². The molecule has 1 aliphatic rings. The predicted octanol–water partition coefficient (Wildman–Crippen LogP) is 0.435. The number of nitrogens with one attached hydrogen (secondary N) is 2. The highest BCUT2D eigenvalue weighted by Crippen LogP contribution is 2.19. The zero-order valence-electron chi connectivity index (χ0n) is 6.80. The van der Waals surface area contributed by atoms with E-state index in [-0.39, 0.29) is 5.63 Å². The van der Waals surface area contributed by atoms with Crippen molar-refractivity contribution in [2.45, 2.75) is 18.8 Å². The average molecular weight is 168 g/mol. The summed E-state index contributed by atoms with van der Waals surface area (Å²) in [5.41, 5.74) is 0.641. The predicted molar refractivity (Wildman–Crippen MR) is 44.2 cm³/mol. The van der Waals surface area contributed by atoms with Crippen molar-refractivity contribution in [1.82, 2.24) is 10.5 Å². The second-order valence-corrected chi connectivity index (χ2v) is 3.17. The molecule has 12 heavy (non-hydrogen) atoms. The molecule has 1 atom stereocenters. The van der Waals surface area contributed by atoms with Crippen molar-refractivity contribution in [3.63, 3.8) is 0 Å². The number of aromatic amines is 1. The summed E-state index contributed by atoms with van der Waals surface area (Å²) in [5, 5.41) is 5.93. The van der Waals surface area contributed by atoms with E-state index in [0.717, 1.165) is 31.6 Å². The standard InChI is InChI=1S/C8H12N2O2/c11-8-4-7(10-12-8)6-2-1-3-9-5-6/h4,6,9-10H,1-3,5H2. The molecule has 0 bridgehead atoms. The van der Waals surface area contributed by atoms with E-state index in [1.807, 2.05) is 0 Å². The van der Waals surface area contributed by atoms with Crippen molar-refractivity contribution in [3.8, 4) is 0 Å². The van der Waals surface area contributed by atoms with E-state index in [9.17, 15) is 4.79 Å². The van der Waals surface area contributed by atoms with Crippen LogP contribution >= 0.6 is 0 Å². The first-order chi connectivity index (χ1) is 5.86. The maximum atomic E-state index is 10.7. The van der Waals surface area contributed by atoms with Crippen molar-refractivity contribution in [3.05, 3.63) is 22.2 Å². The van der Waals surface area contributed by atoms with Crippen LogP contribution in [0.2, 0.25) is 0 Å². The van der Waals surface area contributed by atoms with Gasteiger partial charge in [-0.05, 0) is 19.4 Å². The summed E-state index contributed by atoms with van der Waals surface area (Å²) in [6, 6.07) is 1.54. The Balaban J connectivity index is 2.13. The fourth-order valence-corrected chi connectivity index (χ4v) is 1.61. The summed E-state index contributed by atoms with van der Waals surface area (Å²) in [4.78, 5) is 10.7. The Kier molecular flexibility index (Phi) is 1.99. The minimum Gasteiger partial charge on any atom is -0.339 e. The lowest BCUT2D eigenvalue weighted by atomic mass is 9.96. The van der Waals surface area contributed by atoms with Crippen LogP contribution in [0.15, 0.2) is 15.4 Å². The van der Waals surface area contributed by atoms with Gasteiger partial charge in [0.15, 0.2) is 0 Å². The van der Waals surface area contributed by atoms with E-state index in [1.54, 1.807) is 0 Å². The van der Waals surface area contributed by atoms with Crippen LogP contribution in [0.1, 0.15) is 24.5 Å². The van der Waals surface area contributed by atoms with Crippen molar-refractivity contribution in [2.24, 2.45) is 0 Å². The third-order valence-corrected chi connectivity index (χ3v) is 2.28. The third kappa shape index (κ3) is 1.43. The normalized spacial score (nSPS) is 24.2. The lowest BCUT2D eigenvalue weighted by Gasteiger charge is -2.20. The van der Waals surface area contributed by atoms with E-state index in [4.69, 9.17) is 0 Å². The van der Waals surface area contributed by atoms with Crippen molar-refractivity contribution >= 4 is 0 Å². The highest BCUT2D eigenvalue weighted by atomic mass is 16.5. The fourth-order valence-electron chi connectivity index (χ4n) is 1.61. The van der Waals surface area contributed by atoms with Crippen LogP contribution < -0.4 is 10.9 Å². The van der Waals surface area contributed by atoms with Crippen LogP contribution in [-0.2, 0) is 0 Å². The van der Waals surface area contributed by atoms with Crippen molar-refractivity contribution in [2.75, 3.05) is 13.1 Å².